The molecule has 0 bridgehead atoms. The third-order valence-electron chi connectivity index (χ3n) is 4.36. The van der Waals surface area contributed by atoms with Crippen molar-refractivity contribution in [2.24, 2.45) is 0 Å². The van der Waals surface area contributed by atoms with Crippen molar-refractivity contribution in [2.75, 3.05) is 14.1 Å². The van der Waals surface area contributed by atoms with Gasteiger partial charge in [0.05, 0.1) is 19.4 Å². The van der Waals surface area contributed by atoms with Crippen LogP contribution in [0.5, 0.6) is 0 Å². The molecule has 0 atom stereocenters. The second-order valence-electron chi connectivity index (χ2n) is 6.18. The Labute approximate surface area is 190 Å². The zero-order chi connectivity index (χ0) is 21.9. The number of benzene rings is 2. The van der Waals surface area contributed by atoms with Crippen LogP contribution in [0.25, 0.3) is 0 Å². The van der Waals surface area contributed by atoms with Crippen LogP contribution >= 0.6 is 31.9 Å². The highest BCUT2D eigenvalue weighted by molar-refractivity contribution is 9.10. The number of hydrogen-bond donors (Lipinski definition) is 0. The number of hydrogen-bond acceptors (Lipinski definition) is 5. The summed E-state index contributed by atoms with van der Waals surface area (Å²) in [4.78, 5) is 11.5. The van der Waals surface area contributed by atoms with Crippen molar-refractivity contribution in [1.29, 1.82) is 0 Å². The Morgan fingerprint density at radius 2 is 1.37 bits per heavy atom. The number of carbonyl (C=O) groups is 1. The summed E-state index contributed by atoms with van der Waals surface area (Å²) in [6.07, 6.45) is 0. The lowest BCUT2D eigenvalue weighted by atomic mass is 10.2. The van der Waals surface area contributed by atoms with E-state index in [2.05, 4.69) is 31.9 Å². The normalized spacial score (nSPS) is 18.2. The molecule has 164 valence electrons. The van der Waals surface area contributed by atoms with Crippen LogP contribution < -0.4 is 0 Å². The number of fused-ring (bicyclic) bond motifs is 2. The van der Waals surface area contributed by atoms with Crippen molar-refractivity contribution >= 4 is 57.8 Å². The summed E-state index contributed by atoms with van der Waals surface area (Å²) < 4.78 is 74.7. The van der Waals surface area contributed by atoms with Crippen LogP contribution in [0.1, 0.15) is 23.3 Å². The molecule has 7 nitrogen and oxygen atoms in total. The summed E-state index contributed by atoms with van der Waals surface area (Å²) in [7, 11) is -4.56. The number of halogens is 4. The van der Waals surface area contributed by atoms with E-state index in [9.17, 15) is 30.4 Å². The third kappa shape index (κ3) is 3.93. The molecule has 0 spiro atoms. The van der Waals surface area contributed by atoms with E-state index in [1.54, 1.807) is 0 Å². The Kier molecular flexibility index (Phi) is 6.85. The number of amides is 1. The average Bonchev–Trinajstić information content (AvgIpc) is 2.94. The predicted molar refractivity (Wildman–Crippen MR) is 113 cm³/mol. The van der Waals surface area contributed by atoms with Crippen molar-refractivity contribution in [3.05, 3.63) is 56.0 Å². The summed E-state index contributed by atoms with van der Waals surface area (Å²) >= 11 is 5.83. The number of rotatable bonds is 0. The van der Waals surface area contributed by atoms with Gasteiger partial charge in [0, 0.05) is 20.6 Å². The van der Waals surface area contributed by atoms with Crippen LogP contribution in [-0.4, -0.2) is 45.4 Å². The molecule has 4 rings (SSSR count). The van der Waals surface area contributed by atoms with E-state index in [-0.39, 0.29) is 38.3 Å². The SMILES string of the molecule is C.CN1C(=O)c2cc(F)c(Br)cc2S1(=O)=O.CN1Cc2cc(F)c(Br)cc2S1(=O)=O. The quantitative estimate of drug-likeness (QED) is 0.467. The van der Waals surface area contributed by atoms with Gasteiger partial charge in [-0.05, 0) is 61.7 Å². The van der Waals surface area contributed by atoms with Gasteiger partial charge in [0.2, 0.25) is 10.0 Å². The van der Waals surface area contributed by atoms with Gasteiger partial charge < -0.3 is 0 Å². The van der Waals surface area contributed by atoms with Crippen LogP contribution in [-0.2, 0) is 26.6 Å². The second-order valence-corrected chi connectivity index (χ2v) is 11.8. The number of nitrogens with zero attached hydrogens (tertiary/aromatic N) is 2. The zero-order valence-corrected chi connectivity index (χ0v) is 19.6. The van der Waals surface area contributed by atoms with Crippen molar-refractivity contribution in [3.8, 4) is 0 Å². The van der Waals surface area contributed by atoms with Gasteiger partial charge in [-0.2, -0.15) is 4.31 Å². The van der Waals surface area contributed by atoms with E-state index in [1.807, 2.05) is 0 Å². The first-order valence-electron chi connectivity index (χ1n) is 7.75. The molecule has 0 N–H and O–H groups in total. The largest absolute Gasteiger partial charge is 0.268 e. The van der Waals surface area contributed by atoms with Crippen molar-refractivity contribution in [2.45, 2.75) is 23.8 Å². The van der Waals surface area contributed by atoms with Gasteiger partial charge in [-0.3, -0.25) is 4.79 Å². The van der Waals surface area contributed by atoms with Gasteiger partial charge >= 0.3 is 0 Å². The predicted octanol–water partition coefficient (Wildman–Crippen LogP) is 3.72. The monoisotopic (exact) mass is 588 g/mol. The van der Waals surface area contributed by atoms with E-state index >= 15 is 0 Å². The van der Waals surface area contributed by atoms with Crippen LogP contribution in [0.2, 0.25) is 0 Å². The minimum absolute atomic E-state index is 0. The maximum absolute atomic E-state index is 13.1. The lowest BCUT2D eigenvalue weighted by molar-refractivity contribution is 0.0891. The third-order valence-corrected chi connectivity index (χ3v) is 9.24. The molecule has 2 aromatic rings. The standard InChI is InChI=1S/C8H5BrFNO3S.C8H7BrFNO2S.CH4/c1-11-8(12)4-2-6(10)5(9)3-7(4)15(11,13)14;1-11-4-5-2-7(10)6(9)3-8(5)14(11,12)13;/h2-3H,1H3;2-3H,4H2,1H3;1H4. The molecule has 0 saturated carbocycles. The first-order valence-corrected chi connectivity index (χ1v) is 12.2. The molecule has 0 aliphatic carbocycles. The van der Waals surface area contributed by atoms with Crippen LogP contribution in [0, 0.1) is 11.6 Å². The average molecular weight is 590 g/mol. The van der Waals surface area contributed by atoms with Crippen molar-refractivity contribution in [1.82, 2.24) is 8.61 Å². The van der Waals surface area contributed by atoms with Gasteiger partial charge in [0.1, 0.15) is 16.5 Å². The number of carbonyl (C=O) groups excluding carboxylic acids is 1. The molecule has 2 aromatic carbocycles. The lowest BCUT2D eigenvalue weighted by Crippen LogP contribution is -2.24. The van der Waals surface area contributed by atoms with Gasteiger partial charge in [0.15, 0.2) is 0 Å². The minimum Gasteiger partial charge on any atom is -0.268 e. The molecule has 30 heavy (non-hydrogen) atoms. The zero-order valence-electron chi connectivity index (χ0n) is 14.8. The molecule has 0 aromatic heterocycles. The highest BCUT2D eigenvalue weighted by atomic mass is 79.9. The molecule has 2 heterocycles. The van der Waals surface area contributed by atoms with E-state index < -0.39 is 37.6 Å². The van der Waals surface area contributed by atoms with Crippen molar-refractivity contribution < 1.29 is 30.4 Å². The number of sulfonamides is 2. The molecule has 1 amide bonds. The molecule has 0 saturated heterocycles. The molecule has 0 fully saturated rings. The van der Waals surface area contributed by atoms with Gasteiger partial charge in [-0.15, -0.1) is 0 Å². The smallest absolute Gasteiger partial charge is 0.268 e. The summed E-state index contributed by atoms with van der Waals surface area (Å²) in [5.74, 6) is -1.81. The maximum Gasteiger partial charge on any atom is 0.268 e. The molecule has 0 unspecified atom stereocenters. The molecular weight excluding hydrogens is 574 g/mol. The fourth-order valence-corrected chi connectivity index (χ4v) is 6.42. The Hall–Kier alpha value is -1.41. The Morgan fingerprint density at radius 3 is 1.93 bits per heavy atom. The van der Waals surface area contributed by atoms with Gasteiger partial charge in [-0.25, -0.2) is 29.9 Å². The van der Waals surface area contributed by atoms with Gasteiger partial charge in [0.25, 0.3) is 15.9 Å². The highest BCUT2D eigenvalue weighted by Gasteiger charge is 2.39. The Balaban J connectivity index is 0.000000207. The summed E-state index contributed by atoms with van der Waals surface area (Å²) in [6.45, 7) is 0.238. The topological polar surface area (TPSA) is 91.8 Å². The van der Waals surface area contributed by atoms with E-state index in [0.717, 1.165) is 19.2 Å². The fourth-order valence-electron chi connectivity index (χ4n) is 2.76. The Morgan fingerprint density at radius 1 is 0.867 bits per heavy atom. The lowest BCUT2D eigenvalue weighted by Gasteiger charge is -2.05. The Bertz CT molecular complexity index is 1270. The van der Waals surface area contributed by atoms with Crippen LogP contribution in [0.15, 0.2) is 43.0 Å². The summed E-state index contributed by atoms with van der Waals surface area (Å²) in [6, 6.07) is 4.58. The molecule has 0 radical (unpaired) electrons. The fraction of sp³-hybridized carbons (Fsp3) is 0.235. The highest BCUT2D eigenvalue weighted by Crippen LogP contribution is 2.33. The second kappa shape index (κ2) is 8.26. The molecular formula is C17H16Br2F2N2O5S2. The minimum atomic E-state index is -3.79. The van der Waals surface area contributed by atoms with E-state index in [0.29, 0.717) is 9.87 Å². The van der Waals surface area contributed by atoms with Crippen LogP contribution in [0.3, 0.4) is 0 Å². The first kappa shape index (κ1) is 24.9. The van der Waals surface area contributed by atoms with Gasteiger partial charge in [-0.1, -0.05) is 7.43 Å². The summed E-state index contributed by atoms with van der Waals surface area (Å²) in [5.41, 5.74) is 0.381. The molecule has 2 aliphatic heterocycles. The molecule has 13 heteroatoms. The first-order chi connectivity index (χ1) is 13.3. The van der Waals surface area contributed by atoms with E-state index in [1.165, 1.54) is 23.5 Å². The summed E-state index contributed by atoms with van der Waals surface area (Å²) in [5, 5.41) is 0. The van der Waals surface area contributed by atoms with E-state index in [4.69, 9.17) is 0 Å². The molecule has 2 aliphatic rings. The maximum atomic E-state index is 13.1. The van der Waals surface area contributed by atoms with Crippen LogP contribution in [0.4, 0.5) is 8.78 Å². The van der Waals surface area contributed by atoms with Crippen molar-refractivity contribution in [3.63, 3.8) is 0 Å².